The SMILES string of the molecule is Cc1ccsc1C(=O)Nc1cc(CBr)ccc1/C=C/c1n[nH]c2ccccc12. The number of aromatic nitrogens is 2. The molecule has 0 saturated heterocycles. The van der Waals surface area contributed by atoms with Crippen molar-refractivity contribution < 1.29 is 4.79 Å². The number of aryl methyl sites for hydroxylation is 1. The van der Waals surface area contributed by atoms with Crippen LogP contribution in [0.15, 0.2) is 53.9 Å². The van der Waals surface area contributed by atoms with Gasteiger partial charge in [0, 0.05) is 16.4 Å². The standard InChI is InChI=1S/C22H18BrN3OS/c1-14-10-11-28-21(14)22(27)24-20-12-15(13-23)6-7-16(20)8-9-19-17-4-2-3-5-18(17)25-26-19/h2-12H,13H2,1H3,(H,24,27)(H,25,26)/b9-8+. The fraction of sp³-hybridized carbons (Fsp3) is 0.0909. The third-order valence-electron chi connectivity index (χ3n) is 4.51. The van der Waals surface area contributed by atoms with Gasteiger partial charge in [0.25, 0.3) is 5.91 Å². The lowest BCUT2D eigenvalue weighted by Gasteiger charge is -2.10. The van der Waals surface area contributed by atoms with Crippen LogP contribution in [0.4, 0.5) is 5.69 Å². The van der Waals surface area contributed by atoms with E-state index in [-0.39, 0.29) is 5.91 Å². The van der Waals surface area contributed by atoms with E-state index >= 15 is 0 Å². The molecule has 0 fully saturated rings. The maximum absolute atomic E-state index is 12.7. The maximum atomic E-state index is 12.7. The number of carbonyl (C=O) groups is 1. The molecule has 2 aromatic heterocycles. The largest absolute Gasteiger partial charge is 0.321 e. The van der Waals surface area contributed by atoms with E-state index in [4.69, 9.17) is 0 Å². The van der Waals surface area contributed by atoms with E-state index in [0.717, 1.165) is 49.2 Å². The zero-order valence-electron chi connectivity index (χ0n) is 15.2. The Morgan fingerprint density at radius 1 is 1.21 bits per heavy atom. The zero-order valence-corrected chi connectivity index (χ0v) is 17.6. The molecule has 1 amide bonds. The van der Waals surface area contributed by atoms with Crippen LogP contribution >= 0.6 is 27.3 Å². The monoisotopic (exact) mass is 451 g/mol. The molecule has 4 aromatic rings. The number of anilines is 1. The van der Waals surface area contributed by atoms with Gasteiger partial charge in [-0.2, -0.15) is 5.10 Å². The summed E-state index contributed by atoms with van der Waals surface area (Å²) in [7, 11) is 0. The summed E-state index contributed by atoms with van der Waals surface area (Å²) in [5.74, 6) is -0.0842. The Kier molecular flexibility index (Phi) is 5.41. The average molecular weight is 452 g/mol. The van der Waals surface area contributed by atoms with Gasteiger partial charge in [-0.15, -0.1) is 11.3 Å². The Hall–Kier alpha value is -2.70. The van der Waals surface area contributed by atoms with Crippen LogP contribution in [-0.4, -0.2) is 16.1 Å². The molecule has 2 heterocycles. The van der Waals surface area contributed by atoms with Gasteiger partial charge in [0.2, 0.25) is 0 Å². The predicted octanol–water partition coefficient (Wildman–Crippen LogP) is 6.25. The highest BCUT2D eigenvalue weighted by molar-refractivity contribution is 9.08. The second kappa shape index (κ2) is 8.12. The number of rotatable bonds is 5. The minimum Gasteiger partial charge on any atom is -0.321 e. The fourth-order valence-corrected chi connectivity index (χ4v) is 4.17. The number of aromatic amines is 1. The van der Waals surface area contributed by atoms with Crippen molar-refractivity contribution in [1.82, 2.24) is 10.2 Å². The van der Waals surface area contributed by atoms with Gasteiger partial charge < -0.3 is 5.32 Å². The van der Waals surface area contributed by atoms with Gasteiger partial charge in [-0.3, -0.25) is 9.89 Å². The van der Waals surface area contributed by atoms with Crippen LogP contribution in [0.25, 0.3) is 23.1 Å². The van der Waals surface area contributed by atoms with E-state index in [9.17, 15) is 4.79 Å². The van der Waals surface area contributed by atoms with Crippen molar-refractivity contribution in [3.63, 3.8) is 0 Å². The molecular weight excluding hydrogens is 434 g/mol. The molecule has 6 heteroatoms. The first-order chi connectivity index (χ1) is 13.7. The summed E-state index contributed by atoms with van der Waals surface area (Å²) in [6, 6.07) is 16.0. The molecule has 0 aliphatic rings. The Bertz CT molecular complexity index is 1180. The molecule has 28 heavy (non-hydrogen) atoms. The first-order valence-electron chi connectivity index (χ1n) is 8.81. The quantitative estimate of drug-likeness (QED) is 0.352. The Morgan fingerprint density at radius 2 is 2.07 bits per heavy atom. The Morgan fingerprint density at radius 3 is 2.86 bits per heavy atom. The van der Waals surface area contributed by atoms with E-state index in [1.54, 1.807) is 0 Å². The minimum absolute atomic E-state index is 0.0842. The molecule has 2 aromatic carbocycles. The lowest BCUT2D eigenvalue weighted by molar-refractivity contribution is 0.103. The number of nitrogens with zero attached hydrogens (tertiary/aromatic N) is 1. The number of hydrogen-bond acceptors (Lipinski definition) is 3. The lowest BCUT2D eigenvalue weighted by Crippen LogP contribution is -2.12. The summed E-state index contributed by atoms with van der Waals surface area (Å²) in [5, 5.41) is 14.2. The minimum atomic E-state index is -0.0842. The number of halogens is 1. The topological polar surface area (TPSA) is 57.8 Å². The van der Waals surface area contributed by atoms with Gasteiger partial charge in [0.1, 0.15) is 0 Å². The van der Waals surface area contributed by atoms with Crippen molar-refractivity contribution in [2.45, 2.75) is 12.3 Å². The van der Waals surface area contributed by atoms with E-state index in [2.05, 4.69) is 31.4 Å². The molecule has 0 unspecified atom stereocenters. The van der Waals surface area contributed by atoms with Crippen molar-refractivity contribution in [2.75, 3.05) is 5.32 Å². The molecule has 0 aliphatic carbocycles. The molecule has 0 atom stereocenters. The molecule has 0 spiro atoms. The number of H-pyrrole nitrogens is 1. The predicted molar refractivity (Wildman–Crippen MR) is 121 cm³/mol. The normalized spacial score (nSPS) is 11.4. The Balaban J connectivity index is 1.67. The fourth-order valence-electron chi connectivity index (χ4n) is 3.00. The van der Waals surface area contributed by atoms with Crippen LogP contribution in [0, 0.1) is 6.92 Å². The lowest BCUT2D eigenvalue weighted by atomic mass is 10.1. The van der Waals surface area contributed by atoms with Gasteiger partial charge in [-0.25, -0.2) is 0 Å². The number of hydrogen-bond donors (Lipinski definition) is 2. The summed E-state index contributed by atoms with van der Waals surface area (Å²) in [4.78, 5) is 13.4. The van der Waals surface area contributed by atoms with Crippen LogP contribution in [0.3, 0.4) is 0 Å². The molecule has 140 valence electrons. The van der Waals surface area contributed by atoms with Gasteiger partial charge in [-0.1, -0.05) is 52.3 Å². The van der Waals surface area contributed by atoms with Gasteiger partial charge >= 0.3 is 0 Å². The highest BCUT2D eigenvalue weighted by Crippen LogP contribution is 2.25. The number of fused-ring (bicyclic) bond motifs is 1. The van der Waals surface area contributed by atoms with Crippen molar-refractivity contribution in [3.8, 4) is 0 Å². The smallest absolute Gasteiger partial charge is 0.266 e. The third kappa shape index (κ3) is 3.79. The number of para-hydroxylation sites is 1. The number of thiophene rings is 1. The number of nitrogens with one attached hydrogen (secondary N) is 2. The molecule has 0 bridgehead atoms. The Labute approximate surface area is 175 Å². The van der Waals surface area contributed by atoms with Gasteiger partial charge in [-0.05, 0) is 53.3 Å². The van der Waals surface area contributed by atoms with Crippen molar-refractivity contribution >= 4 is 61.9 Å². The van der Waals surface area contributed by atoms with Crippen molar-refractivity contribution in [2.24, 2.45) is 0 Å². The van der Waals surface area contributed by atoms with Gasteiger partial charge in [0.05, 0.1) is 16.1 Å². The van der Waals surface area contributed by atoms with Crippen LogP contribution in [-0.2, 0) is 5.33 Å². The number of amides is 1. The first kappa shape index (κ1) is 18.7. The summed E-state index contributed by atoms with van der Waals surface area (Å²) in [6.45, 7) is 1.95. The van der Waals surface area contributed by atoms with Crippen LogP contribution < -0.4 is 5.32 Å². The summed E-state index contributed by atoms with van der Waals surface area (Å²) in [5.41, 5.74) is 5.66. The van der Waals surface area contributed by atoms with Crippen molar-refractivity contribution in [1.29, 1.82) is 0 Å². The highest BCUT2D eigenvalue weighted by Gasteiger charge is 2.13. The summed E-state index contributed by atoms with van der Waals surface area (Å²) < 4.78 is 0. The summed E-state index contributed by atoms with van der Waals surface area (Å²) in [6.07, 6.45) is 3.95. The van der Waals surface area contributed by atoms with E-state index in [1.807, 2.05) is 73.0 Å². The molecular formula is C22H18BrN3OS. The van der Waals surface area contributed by atoms with Crippen molar-refractivity contribution in [3.05, 3.63) is 81.2 Å². The van der Waals surface area contributed by atoms with E-state index in [1.165, 1.54) is 11.3 Å². The molecule has 0 aliphatic heterocycles. The number of alkyl halides is 1. The number of benzene rings is 2. The number of carbonyl (C=O) groups excluding carboxylic acids is 1. The zero-order chi connectivity index (χ0) is 19.5. The van der Waals surface area contributed by atoms with Crippen LogP contribution in [0.5, 0.6) is 0 Å². The first-order valence-corrected chi connectivity index (χ1v) is 10.8. The van der Waals surface area contributed by atoms with Gasteiger partial charge in [0.15, 0.2) is 0 Å². The molecule has 4 rings (SSSR count). The third-order valence-corrected chi connectivity index (χ3v) is 6.17. The van der Waals surface area contributed by atoms with Crippen LogP contribution in [0.2, 0.25) is 0 Å². The molecule has 4 nitrogen and oxygen atoms in total. The van der Waals surface area contributed by atoms with E-state index < -0.39 is 0 Å². The van der Waals surface area contributed by atoms with E-state index in [0.29, 0.717) is 0 Å². The second-order valence-electron chi connectivity index (χ2n) is 6.43. The maximum Gasteiger partial charge on any atom is 0.266 e. The molecule has 2 N–H and O–H groups in total. The van der Waals surface area contributed by atoms with Crippen LogP contribution in [0.1, 0.15) is 32.1 Å². The summed E-state index contributed by atoms with van der Waals surface area (Å²) >= 11 is 4.94. The average Bonchev–Trinajstić information content (AvgIpc) is 3.33. The molecule has 0 saturated carbocycles. The second-order valence-corrected chi connectivity index (χ2v) is 7.91. The highest BCUT2D eigenvalue weighted by atomic mass is 79.9. The molecule has 0 radical (unpaired) electrons.